The van der Waals surface area contributed by atoms with Crippen LogP contribution in [0.15, 0.2) is 54.9 Å². The highest BCUT2D eigenvalue weighted by atomic mass is 16.2. The molecule has 2 atom stereocenters. The molecule has 0 spiro atoms. The smallest absolute Gasteiger partial charge is 0.222 e. The average molecular weight is 335 g/mol. The highest BCUT2D eigenvalue weighted by Gasteiger charge is 2.39. The van der Waals surface area contributed by atoms with Crippen molar-refractivity contribution in [3.05, 3.63) is 60.4 Å². The van der Waals surface area contributed by atoms with Gasteiger partial charge in [0.1, 0.15) is 0 Å². The molecule has 2 aliphatic rings. The Balaban J connectivity index is 1.43. The number of carbonyl (C=O) groups is 1. The summed E-state index contributed by atoms with van der Waals surface area (Å²) in [5, 5.41) is 0. The summed E-state index contributed by atoms with van der Waals surface area (Å²) in [6, 6.07) is 15.1. The molecule has 2 fully saturated rings. The fraction of sp³-hybridized carbons (Fsp3) is 0.429. The van der Waals surface area contributed by atoms with Crippen molar-refractivity contribution in [1.29, 1.82) is 0 Å². The Bertz CT molecular complexity index is 704. The molecule has 3 heterocycles. The highest BCUT2D eigenvalue weighted by molar-refractivity contribution is 5.77. The van der Waals surface area contributed by atoms with E-state index in [2.05, 4.69) is 51.2 Å². The molecule has 1 aromatic heterocycles. The van der Waals surface area contributed by atoms with Gasteiger partial charge in [0, 0.05) is 50.2 Å². The topological polar surface area (TPSA) is 36.4 Å². The van der Waals surface area contributed by atoms with Crippen LogP contribution in [0.3, 0.4) is 0 Å². The van der Waals surface area contributed by atoms with E-state index in [-0.39, 0.29) is 0 Å². The predicted molar refractivity (Wildman–Crippen MR) is 99.4 cm³/mol. The first-order chi connectivity index (χ1) is 12.3. The summed E-state index contributed by atoms with van der Waals surface area (Å²) in [6.07, 6.45) is 7.44. The number of benzene rings is 1. The molecule has 0 aliphatic carbocycles. The van der Waals surface area contributed by atoms with Crippen LogP contribution in [0.5, 0.6) is 0 Å². The average Bonchev–Trinajstić information content (AvgIpc) is 2.68. The lowest BCUT2D eigenvalue weighted by Crippen LogP contribution is -2.56. The zero-order valence-corrected chi connectivity index (χ0v) is 14.6. The van der Waals surface area contributed by atoms with Gasteiger partial charge in [-0.2, -0.15) is 0 Å². The first kappa shape index (κ1) is 16.1. The molecule has 0 saturated carbocycles. The monoisotopic (exact) mass is 335 g/mol. The van der Waals surface area contributed by atoms with Crippen LogP contribution in [0.2, 0.25) is 0 Å². The number of fused-ring (bicyclic) bond motifs is 1. The van der Waals surface area contributed by atoms with Crippen LogP contribution in [0, 0.1) is 5.92 Å². The van der Waals surface area contributed by atoms with Gasteiger partial charge in [-0.05, 0) is 42.9 Å². The van der Waals surface area contributed by atoms with Gasteiger partial charge in [-0.15, -0.1) is 0 Å². The van der Waals surface area contributed by atoms with Crippen LogP contribution < -0.4 is 4.90 Å². The van der Waals surface area contributed by atoms with E-state index in [0.29, 0.717) is 24.3 Å². The van der Waals surface area contributed by atoms with E-state index in [1.165, 1.54) is 11.3 Å². The van der Waals surface area contributed by atoms with Gasteiger partial charge in [-0.1, -0.05) is 30.3 Å². The fourth-order valence-electron chi connectivity index (χ4n) is 4.33. The van der Waals surface area contributed by atoms with Crippen molar-refractivity contribution >= 4 is 11.6 Å². The van der Waals surface area contributed by atoms with E-state index in [1.807, 2.05) is 18.5 Å². The first-order valence-corrected chi connectivity index (χ1v) is 9.29. The number of carbonyl (C=O) groups excluding carboxylic acids is 1. The van der Waals surface area contributed by atoms with Crippen LogP contribution in [-0.2, 0) is 11.2 Å². The van der Waals surface area contributed by atoms with Gasteiger partial charge in [-0.3, -0.25) is 9.78 Å². The molecule has 4 rings (SSSR count). The lowest BCUT2D eigenvalue weighted by molar-refractivity contribution is -0.139. The molecule has 0 unspecified atom stereocenters. The Hall–Kier alpha value is -2.36. The zero-order valence-electron chi connectivity index (χ0n) is 14.6. The number of hydrogen-bond acceptors (Lipinski definition) is 3. The Morgan fingerprint density at radius 1 is 1.04 bits per heavy atom. The second-order valence-corrected chi connectivity index (χ2v) is 7.13. The molecule has 1 aromatic carbocycles. The quantitative estimate of drug-likeness (QED) is 0.861. The van der Waals surface area contributed by atoms with Gasteiger partial charge in [0.2, 0.25) is 5.91 Å². The lowest BCUT2D eigenvalue weighted by atomic mass is 9.83. The lowest BCUT2D eigenvalue weighted by Gasteiger charge is -2.47. The number of pyridine rings is 1. The van der Waals surface area contributed by atoms with Crippen molar-refractivity contribution in [3.63, 3.8) is 0 Å². The summed E-state index contributed by atoms with van der Waals surface area (Å²) < 4.78 is 0. The van der Waals surface area contributed by atoms with Gasteiger partial charge >= 0.3 is 0 Å². The van der Waals surface area contributed by atoms with Crippen LogP contribution in [-0.4, -0.2) is 41.5 Å². The fourth-order valence-corrected chi connectivity index (χ4v) is 4.33. The zero-order chi connectivity index (χ0) is 17.1. The van der Waals surface area contributed by atoms with Crippen molar-refractivity contribution in [3.8, 4) is 0 Å². The summed E-state index contributed by atoms with van der Waals surface area (Å²) in [4.78, 5) is 21.3. The van der Waals surface area contributed by atoms with E-state index < -0.39 is 0 Å². The molecule has 2 saturated heterocycles. The number of rotatable bonds is 4. The molecular formula is C21H25N3O. The molecular weight excluding hydrogens is 310 g/mol. The summed E-state index contributed by atoms with van der Waals surface area (Å²) >= 11 is 0. The van der Waals surface area contributed by atoms with Gasteiger partial charge in [0.15, 0.2) is 0 Å². The Morgan fingerprint density at radius 2 is 1.84 bits per heavy atom. The Kier molecular flexibility index (Phi) is 4.68. The third-order valence-corrected chi connectivity index (χ3v) is 5.66. The van der Waals surface area contributed by atoms with Crippen LogP contribution in [0.1, 0.15) is 24.8 Å². The van der Waals surface area contributed by atoms with Gasteiger partial charge < -0.3 is 9.80 Å². The van der Waals surface area contributed by atoms with E-state index in [0.717, 1.165) is 38.9 Å². The summed E-state index contributed by atoms with van der Waals surface area (Å²) in [5.41, 5.74) is 2.56. The molecule has 0 bridgehead atoms. The molecule has 4 nitrogen and oxygen atoms in total. The van der Waals surface area contributed by atoms with Gasteiger partial charge in [0.25, 0.3) is 0 Å². The van der Waals surface area contributed by atoms with E-state index >= 15 is 0 Å². The number of nitrogens with zero attached hydrogens (tertiary/aromatic N) is 3. The normalized spacial score (nSPS) is 23.4. The summed E-state index contributed by atoms with van der Waals surface area (Å²) in [7, 11) is 0. The maximum Gasteiger partial charge on any atom is 0.222 e. The van der Waals surface area contributed by atoms with Crippen molar-refractivity contribution in [2.45, 2.75) is 31.7 Å². The molecule has 130 valence electrons. The minimum Gasteiger partial charge on any atom is -0.371 e. The van der Waals surface area contributed by atoms with Crippen molar-refractivity contribution in [2.75, 3.05) is 24.5 Å². The number of anilines is 1. The molecule has 25 heavy (non-hydrogen) atoms. The van der Waals surface area contributed by atoms with E-state index in [4.69, 9.17) is 0 Å². The largest absolute Gasteiger partial charge is 0.371 e. The third kappa shape index (κ3) is 3.53. The van der Waals surface area contributed by atoms with Crippen molar-refractivity contribution in [2.24, 2.45) is 5.92 Å². The standard InChI is InChI=1S/C21H25N3O/c25-21-7-6-18-16-23(19-8-12-22-13-9-19)14-11-20(18)24(21)15-10-17-4-2-1-3-5-17/h1-5,8-9,12-13,18,20H,6-7,10-11,14-16H2/t18-,20+/m1/s1. The maximum absolute atomic E-state index is 12.5. The SMILES string of the molecule is O=C1CC[C@@H]2CN(c3ccncc3)CC[C@@H]2N1CCc1ccccc1. The molecule has 1 amide bonds. The second-order valence-electron chi connectivity index (χ2n) is 7.13. The maximum atomic E-state index is 12.5. The van der Waals surface area contributed by atoms with Crippen LogP contribution in [0.4, 0.5) is 5.69 Å². The number of likely N-dealkylation sites (tertiary alicyclic amines) is 1. The second kappa shape index (κ2) is 7.26. The molecule has 4 heteroatoms. The van der Waals surface area contributed by atoms with E-state index in [9.17, 15) is 4.79 Å². The summed E-state index contributed by atoms with van der Waals surface area (Å²) in [6.45, 7) is 2.91. The minimum atomic E-state index is 0.342. The molecule has 0 radical (unpaired) electrons. The van der Waals surface area contributed by atoms with Crippen LogP contribution in [0.25, 0.3) is 0 Å². The number of hydrogen-bond donors (Lipinski definition) is 0. The third-order valence-electron chi connectivity index (χ3n) is 5.66. The van der Waals surface area contributed by atoms with Crippen LogP contribution >= 0.6 is 0 Å². The molecule has 2 aliphatic heterocycles. The number of piperidine rings is 2. The van der Waals surface area contributed by atoms with Gasteiger partial charge in [0.05, 0.1) is 0 Å². The molecule has 2 aromatic rings. The highest BCUT2D eigenvalue weighted by Crippen LogP contribution is 2.33. The minimum absolute atomic E-state index is 0.342. The van der Waals surface area contributed by atoms with Gasteiger partial charge in [-0.25, -0.2) is 0 Å². The predicted octanol–water partition coefficient (Wildman–Crippen LogP) is 3.14. The van der Waals surface area contributed by atoms with E-state index in [1.54, 1.807) is 0 Å². The number of aromatic nitrogens is 1. The Morgan fingerprint density at radius 3 is 2.64 bits per heavy atom. The number of amides is 1. The Labute approximate surface area is 149 Å². The first-order valence-electron chi connectivity index (χ1n) is 9.29. The molecule has 0 N–H and O–H groups in total. The van der Waals surface area contributed by atoms with Crippen molar-refractivity contribution < 1.29 is 4.79 Å². The summed E-state index contributed by atoms with van der Waals surface area (Å²) in [5.74, 6) is 0.921. The van der Waals surface area contributed by atoms with Crippen molar-refractivity contribution in [1.82, 2.24) is 9.88 Å².